The van der Waals surface area contributed by atoms with E-state index in [9.17, 15) is 14.4 Å². The van der Waals surface area contributed by atoms with Crippen molar-refractivity contribution >= 4 is 40.6 Å². The number of aromatic nitrogens is 1. The van der Waals surface area contributed by atoms with Gasteiger partial charge in [0.25, 0.3) is 11.8 Å². The number of nitrogen functional groups attached to an aromatic ring is 1. The van der Waals surface area contributed by atoms with E-state index < -0.39 is 23.8 Å². The molecule has 2 heterocycles. The van der Waals surface area contributed by atoms with Gasteiger partial charge in [0.1, 0.15) is 10.9 Å². The summed E-state index contributed by atoms with van der Waals surface area (Å²) in [6.07, 6.45) is 0. The van der Waals surface area contributed by atoms with Gasteiger partial charge >= 0.3 is 0 Å². The average Bonchev–Trinajstić information content (AvgIpc) is 3.64. The minimum absolute atomic E-state index is 0.00711. The summed E-state index contributed by atoms with van der Waals surface area (Å²) in [5.41, 5.74) is 12.7. The molecule has 42 heavy (non-hydrogen) atoms. The maximum Gasteiger partial charge on any atom is 0.273 e. The molecule has 5 N–H and O–H groups in total. The van der Waals surface area contributed by atoms with Crippen molar-refractivity contribution in [3.63, 3.8) is 0 Å². The molecule has 216 valence electrons. The quantitative estimate of drug-likeness (QED) is 0.251. The number of benzene rings is 3. The van der Waals surface area contributed by atoms with Crippen LogP contribution in [-0.4, -0.2) is 43.1 Å². The van der Waals surface area contributed by atoms with Crippen LogP contribution in [0.15, 0.2) is 66.7 Å². The zero-order chi connectivity index (χ0) is 29.8. The van der Waals surface area contributed by atoms with Crippen LogP contribution >= 0.6 is 11.5 Å². The van der Waals surface area contributed by atoms with Crippen molar-refractivity contribution in [2.24, 2.45) is 5.73 Å². The fourth-order valence-corrected chi connectivity index (χ4v) is 5.22. The maximum absolute atomic E-state index is 14.3. The van der Waals surface area contributed by atoms with E-state index >= 15 is 0 Å². The average molecular weight is 590 g/mol. The normalized spacial score (nSPS) is 12.3. The van der Waals surface area contributed by atoms with Crippen molar-refractivity contribution in [1.29, 1.82) is 0 Å². The van der Waals surface area contributed by atoms with Gasteiger partial charge in [0.05, 0.1) is 19.9 Å². The molecular formula is C29H27N5O7S. The fraction of sp³-hybridized carbons (Fsp3) is 0.172. The van der Waals surface area contributed by atoms with Crippen LogP contribution in [-0.2, 0) is 11.3 Å². The Kier molecular flexibility index (Phi) is 8.11. The lowest BCUT2D eigenvalue weighted by atomic mass is 10.0. The molecule has 4 aromatic rings. The van der Waals surface area contributed by atoms with Gasteiger partial charge < -0.3 is 35.7 Å². The van der Waals surface area contributed by atoms with E-state index in [1.807, 2.05) is 30.3 Å². The molecular weight excluding hydrogens is 562 g/mol. The molecule has 0 unspecified atom stereocenters. The largest absolute Gasteiger partial charge is 0.493 e. The lowest BCUT2D eigenvalue weighted by Crippen LogP contribution is -2.44. The van der Waals surface area contributed by atoms with Crippen molar-refractivity contribution < 1.29 is 33.3 Å². The first-order valence-corrected chi connectivity index (χ1v) is 13.4. The number of nitrogens with zero attached hydrogens (tertiary/aromatic N) is 2. The van der Waals surface area contributed by atoms with Crippen LogP contribution in [0.25, 0.3) is 0 Å². The molecule has 0 bridgehead atoms. The van der Waals surface area contributed by atoms with E-state index in [0.717, 1.165) is 5.56 Å². The van der Waals surface area contributed by atoms with Crippen LogP contribution in [0.1, 0.15) is 37.3 Å². The molecule has 0 saturated carbocycles. The van der Waals surface area contributed by atoms with Gasteiger partial charge in [-0.2, -0.15) is 4.37 Å². The number of anilines is 2. The Morgan fingerprint density at radius 3 is 2.43 bits per heavy atom. The first-order chi connectivity index (χ1) is 20.3. The van der Waals surface area contributed by atoms with Crippen molar-refractivity contribution in [2.75, 3.05) is 31.6 Å². The summed E-state index contributed by atoms with van der Waals surface area (Å²) in [6.45, 7) is 0.203. The summed E-state index contributed by atoms with van der Waals surface area (Å²) in [5, 5.41) is 2.93. The lowest BCUT2D eigenvalue weighted by molar-refractivity contribution is -0.122. The molecule has 1 aliphatic rings. The van der Waals surface area contributed by atoms with Crippen LogP contribution in [0.3, 0.4) is 0 Å². The van der Waals surface area contributed by atoms with Crippen LogP contribution in [0.2, 0.25) is 0 Å². The van der Waals surface area contributed by atoms with E-state index in [0.29, 0.717) is 45.8 Å². The summed E-state index contributed by atoms with van der Waals surface area (Å²) in [4.78, 5) is 41.5. The Morgan fingerprint density at radius 2 is 1.74 bits per heavy atom. The highest BCUT2D eigenvalue weighted by molar-refractivity contribution is 7.09. The molecule has 0 fully saturated rings. The number of rotatable bonds is 10. The van der Waals surface area contributed by atoms with Gasteiger partial charge in [0.2, 0.25) is 12.7 Å². The second-order valence-corrected chi connectivity index (χ2v) is 9.84. The Bertz CT molecular complexity index is 1640. The Balaban J connectivity index is 1.66. The SMILES string of the molecule is COc1ccc([C@H](C(=O)NCc2ccccc2)N(C(=O)c2snc(C(N)=O)c2N)c2ccc3c(c2)OCO3)cc1OC. The summed E-state index contributed by atoms with van der Waals surface area (Å²) in [7, 11) is 2.96. The number of nitrogens with two attached hydrogens (primary N) is 2. The van der Waals surface area contributed by atoms with Crippen LogP contribution in [0, 0.1) is 0 Å². The molecule has 0 aliphatic carbocycles. The molecule has 1 aromatic heterocycles. The number of amides is 3. The zero-order valence-corrected chi connectivity index (χ0v) is 23.5. The van der Waals surface area contributed by atoms with E-state index in [-0.39, 0.29) is 29.6 Å². The Labute approximate surface area is 244 Å². The number of fused-ring (bicyclic) bond motifs is 1. The smallest absolute Gasteiger partial charge is 0.273 e. The number of hydrogen-bond acceptors (Lipinski definition) is 10. The number of ether oxygens (including phenoxy) is 4. The van der Waals surface area contributed by atoms with Gasteiger partial charge in [0.15, 0.2) is 28.7 Å². The van der Waals surface area contributed by atoms with E-state index in [1.165, 1.54) is 19.1 Å². The van der Waals surface area contributed by atoms with Crippen LogP contribution in [0.5, 0.6) is 23.0 Å². The van der Waals surface area contributed by atoms with Gasteiger partial charge in [-0.15, -0.1) is 0 Å². The van der Waals surface area contributed by atoms with Crippen LogP contribution in [0.4, 0.5) is 11.4 Å². The number of carbonyl (C=O) groups is 3. The van der Waals surface area contributed by atoms with Gasteiger partial charge in [-0.1, -0.05) is 36.4 Å². The molecule has 3 aromatic carbocycles. The molecule has 3 amide bonds. The molecule has 0 radical (unpaired) electrons. The predicted octanol–water partition coefficient (Wildman–Crippen LogP) is 3.27. The minimum Gasteiger partial charge on any atom is -0.493 e. The van der Waals surface area contributed by atoms with Gasteiger partial charge in [-0.05, 0) is 46.9 Å². The molecule has 5 rings (SSSR count). The van der Waals surface area contributed by atoms with E-state index in [2.05, 4.69) is 9.69 Å². The molecule has 1 atom stereocenters. The highest BCUT2D eigenvalue weighted by Gasteiger charge is 2.37. The monoisotopic (exact) mass is 589 g/mol. The minimum atomic E-state index is -1.25. The van der Waals surface area contributed by atoms with Gasteiger partial charge in [-0.25, -0.2) is 0 Å². The maximum atomic E-state index is 14.3. The van der Waals surface area contributed by atoms with E-state index in [4.69, 9.17) is 30.4 Å². The third-order valence-electron chi connectivity index (χ3n) is 6.55. The molecule has 0 saturated heterocycles. The van der Waals surface area contributed by atoms with Crippen molar-refractivity contribution in [3.8, 4) is 23.0 Å². The molecule has 13 heteroatoms. The third kappa shape index (κ3) is 5.49. The Morgan fingerprint density at radius 1 is 1.00 bits per heavy atom. The second-order valence-electron chi connectivity index (χ2n) is 9.07. The highest BCUT2D eigenvalue weighted by Crippen LogP contribution is 2.41. The lowest BCUT2D eigenvalue weighted by Gasteiger charge is -2.31. The van der Waals surface area contributed by atoms with Crippen molar-refractivity contribution in [2.45, 2.75) is 12.6 Å². The number of nitrogens with one attached hydrogen (secondary N) is 1. The first-order valence-electron chi connectivity index (χ1n) is 12.6. The first kappa shape index (κ1) is 28.2. The number of primary amides is 1. The fourth-order valence-electron chi connectivity index (χ4n) is 4.48. The standard InChI is InChI=1S/C29H27N5O7S/c1-38-19-10-8-17(12-21(19)39-2)25(28(36)32-14-16-6-4-3-5-7-16)34(18-9-11-20-22(13-18)41-15-40-20)29(37)26-23(30)24(27(31)35)33-42-26/h3-13,25H,14-15,30H2,1-2H3,(H2,31,35)(H,32,36)/t25-/m1/s1. The molecule has 12 nitrogen and oxygen atoms in total. The summed E-state index contributed by atoms with van der Waals surface area (Å²) >= 11 is 0.710. The Hall–Kier alpha value is -5.30. The third-order valence-corrected chi connectivity index (χ3v) is 7.40. The summed E-state index contributed by atoms with van der Waals surface area (Å²) < 4.78 is 25.9. The van der Waals surface area contributed by atoms with Gasteiger partial charge in [0, 0.05) is 18.3 Å². The van der Waals surface area contributed by atoms with Crippen molar-refractivity contribution in [1.82, 2.24) is 9.69 Å². The highest BCUT2D eigenvalue weighted by atomic mass is 32.1. The topological polar surface area (TPSA) is 168 Å². The predicted molar refractivity (Wildman–Crippen MR) is 155 cm³/mol. The second kappa shape index (κ2) is 12.1. The van der Waals surface area contributed by atoms with E-state index in [1.54, 1.807) is 36.4 Å². The number of methoxy groups -OCH3 is 2. The summed E-state index contributed by atoms with van der Waals surface area (Å²) in [5.74, 6) is -0.423. The van der Waals surface area contributed by atoms with Crippen LogP contribution < -0.4 is 40.6 Å². The van der Waals surface area contributed by atoms with Crippen molar-refractivity contribution in [3.05, 3.63) is 88.4 Å². The van der Waals surface area contributed by atoms with Gasteiger partial charge in [-0.3, -0.25) is 19.3 Å². The number of carbonyl (C=O) groups excluding carboxylic acids is 3. The molecule has 0 spiro atoms. The summed E-state index contributed by atoms with van der Waals surface area (Å²) in [6, 6.07) is 17.8. The zero-order valence-electron chi connectivity index (χ0n) is 22.7. The molecule has 1 aliphatic heterocycles. The number of hydrogen-bond donors (Lipinski definition) is 3.